The highest BCUT2D eigenvalue weighted by atomic mass is 16.4. The molecule has 0 aliphatic carbocycles. The summed E-state index contributed by atoms with van der Waals surface area (Å²) in [6, 6.07) is 17.0. The molecule has 2 aromatic carbocycles. The summed E-state index contributed by atoms with van der Waals surface area (Å²) in [5.74, 6) is -0.0492. The van der Waals surface area contributed by atoms with Gasteiger partial charge in [0.05, 0.1) is 17.4 Å². The second-order valence-electron chi connectivity index (χ2n) is 7.61. The highest BCUT2D eigenvalue weighted by Gasteiger charge is 2.33. The molecular weight excluding hydrogens is 392 g/mol. The van der Waals surface area contributed by atoms with E-state index in [2.05, 4.69) is 15.1 Å². The zero-order valence-corrected chi connectivity index (χ0v) is 16.9. The zero-order chi connectivity index (χ0) is 21.2. The summed E-state index contributed by atoms with van der Waals surface area (Å²) in [5, 5.41) is 15.3. The number of anilines is 1. The van der Waals surface area contributed by atoms with Crippen LogP contribution in [0.25, 0.3) is 16.6 Å². The molecule has 1 aliphatic rings. The molecule has 31 heavy (non-hydrogen) atoms. The molecule has 0 bridgehead atoms. The van der Waals surface area contributed by atoms with E-state index in [0.717, 1.165) is 28.0 Å². The molecule has 0 saturated carbocycles. The number of rotatable bonds is 5. The summed E-state index contributed by atoms with van der Waals surface area (Å²) in [6.45, 7) is 2.20. The van der Waals surface area contributed by atoms with E-state index in [4.69, 9.17) is 0 Å². The summed E-state index contributed by atoms with van der Waals surface area (Å²) in [5.41, 5.74) is 2.81. The molecule has 1 saturated heterocycles. The number of nitrogens with zero attached hydrogens (tertiary/aromatic N) is 6. The number of piperazine rings is 1. The van der Waals surface area contributed by atoms with E-state index < -0.39 is 12.0 Å². The van der Waals surface area contributed by atoms with Gasteiger partial charge in [0, 0.05) is 43.3 Å². The largest absolute Gasteiger partial charge is 0.480 e. The molecule has 8 heteroatoms. The summed E-state index contributed by atoms with van der Waals surface area (Å²) >= 11 is 0. The topological polar surface area (TPSA) is 87.4 Å². The van der Waals surface area contributed by atoms with Crippen LogP contribution in [0.15, 0.2) is 73.3 Å². The van der Waals surface area contributed by atoms with Crippen molar-refractivity contribution < 1.29 is 9.90 Å². The van der Waals surface area contributed by atoms with E-state index in [1.165, 1.54) is 6.33 Å². The van der Waals surface area contributed by atoms with Gasteiger partial charge in [-0.25, -0.2) is 14.6 Å². The average Bonchev–Trinajstić information content (AvgIpc) is 3.28. The Hall–Kier alpha value is -3.78. The molecule has 0 radical (unpaired) electrons. The summed E-state index contributed by atoms with van der Waals surface area (Å²) in [7, 11) is 0. The van der Waals surface area contributed by atoms with Gasteiger partial charge in [0.2, 0.25) is 0 Å². The lowest BCUT2D eigenvalue weighted by Crippen LogP contribution is -2.56. The first kappa shape index (κ1) is 19.2. The number of carboxylic acids is 1. The molecule has 3 heterocycles. The average molecular weight is 414 g/mol. The quantitative estimate of drug-likeness (QED) is 0.537. The lowest BCUT2D eigenvalue weighted by Gasteiger charge is -2.39. The first-order chi connectivity index (χ1) is 15.2. The Kier molecular flexibility index (Phi) is 5.05. The highest BCUT2D eigenvalue weighted by molar-refractivity contribution is 5.89. The van der Waals surface area contributed by atoms with Crippen molar-refractivity contribution in [3.63, 3.8) is 0 Å². The molecule has 156 valence electrons. The van der Waals surface area contributed by atoms with Gasteiger partial charge in [-0.15, -0.1) is 0 Å². The SMILES string of the molecule is O=C(O)C1CN(c2ncnc3ccccc23)CCN1Cc1cnn(-c2ccccc2)c1. The van der Waals surface area contributed by atoms with E-state index in [9.17, 15) is 9.90 Å². The van der Waals surface area contributed by atoms with E-state index in [1.54, 1.807) is 6.20 Å². The second-order valence-corrected chi connectivity index (χ2v) is 7.61. The third-order valence-corrected chi connectivity index (χ3v) is 5.64. The number of carbonyl (C=O) groups is 1. The van der Waals surface area contributed by atoms with Gasteiger partial charge >= 0.3 is 5.97 Å². The van der Waals surface area contributed by atoms with Gasteiger partial charge in [0.25, 0.3) is 0 Å². The third kappa shape index (κ3) is 3.85. The Morgan fingerprint density at radius 2 is 1.84 bits per heavy atom. The minimum absolute atomic E-state index is 0.364. The van der Waals surface area contributed by atoms with Crippen LogP contribution < -0.4 is 4.90 Å². The van der Waals surface area contributed by atoms with Crippen LogP contribution in [0.5, 0.6) is 0 Å². The minimum atomic E-state index is -0.835. The fraction of sp³-hybridized carbons (Fsp3) is 0.217. The molecule has 1 aliphatic heterocycles. The summed E-state index contributed by atoms with van der Waals surface area (Å²) in [6.07, 6.45) is 5.30. The van der Waals surface area contributed by atoms with E-state index in [1.807, 2.05) is 75.3 Å². The van der Waals surface area contributed by atoms with Crippen LogP contribution in [0.4, 0.5) is 5.82 Å². The monoisotopic (exact) mass is 414 g/mol. The normalized spacial score (nSPS) is 17.2. The fourth-order valence-electron chi connectivity index (χ4n) is 4.08. The highest BCUT2D eigenvalue weighted by Crippen LogP contribution is 2.26. The number of hydrogen-bond donors (Lipinski definition) is 1. The lowest BCUT2D eigenvalue weighted by molar-refractivity contribution is -0.143. The van der Waals surface area contributed by atoms with Crippen molar-refractivity contribution in [3.8, 4) is 5.69 Å². The predicted octanol–water partition coefficient (Wildman–Crippen LogP) is 2.59. The number of carboxylic acid groups (broad SMARTS) is 1. The van der Waals surface area contributed by atoms with E-state index in [0.29, 0.717) is 26.2 Å². The maximum absolute atomic E-state index is 12.1. The smallest absolute Gasteiger partial charge is 0.322 e. The molecule has 1 N–H and O–H groups in total. The number of fused-ring (bicyclic) bond motifs is 1. The van der Waals surface area contributed by atoms with Crippen LogP contribution in [-0.2, 0) is 11.3 Å². The van der Waals surface area contributed by atoms with Crippen molar-refractivity contribution in [3.05, 3.63) is 78.9 Å². The van der Waals surface area contributed by atoms with Crippen LogP contribution in [0.2, 0.25) is 0 Å². The summed E-state index contributed by atoms with van der Waals surface area (Å²) in [4.78, 5) is 24.9. The van der Waals surface area contributed by atoms with Gasteiger partial charge < -0.3 is 10.0 Å². The number of benzene rings is 2. The molecule has 1 fully saturated rings. The van der Waals surface area contributed by atoms with Gasteiger partial charge in [-0.2, -0.15) is 5.10 Å². The maximum Gasteiger partial charge on any atom is 0.322 e. The van der Waals surface area contributed by atoms with Gasteiger partial charge in [-0.05, 0) is 24.3 Å². The van der Waals surface area contributed by atoms with Gasteiger partial charge in [0.1, 0.15) is 18.2 Å². The van der Waals surface area contributed by atoms with Crippen LogP contribution in [0.3, 0.4) is 0 Å². The van der Waals surface area contributed by atoms with Crippen molar-refractivity contribution in [2.24, 2.45) is 0 Å². The fourth-order valence-corrected chi connectivity index (χ4v) is 4.08. The van der Waals surface area contributed by atoms with Crippen molar-refractivity contribution >= 4 is 22.7 Å². The molecule has 2 aromatic heterocycles. The number of aliphatic carboxylic acids is 1. The van der Waals surface area contributed by atoms with E-state index in [-0.39, 0.29) is 0 Å². The molecule has 8 nitrogen and oxygen atoms in total. The first-order valence-corrected chi connectivity index (χ1v) is 10.2. The molecular formula is C23H22N6O2. The molecule has 1 atom stereocenters. The standard InChI is InChI=1S/C23H22N6O2/c30-23(31)21-15-28(22-19-8-4-5-9-20(19)24-16-25-22)11-10-27(21)13-17-12-26-29(14-17)18-6-2-1-3-7-18/h1-9,12,14,16,21H,10-11,13,15H2,(H,30,31). The lowest BCUT2D eigenvalue weighted by atomic mass is 10.1. The van der Waals surface area contributed by atoms with E-state index >= 15 is 0 Å². The van der Waals surface area contributed by atoms with Gasteiger partial charge in [-0.3, -0.25) is 9.69 Å². The Morgan fingerprint density at radius 3 is 2.68 bits per heavy atom. The molecule has 5 rings (SSSR count). The van der Waals surface area contributed by atoms with Crippen LogP contribution in [0, 0.1) is 0 Å². The zero-order valence-electron chi connectivity index (χ0n) is 16.9. The Bertz CT molecular complexity index is 1200. The molecule has 0 amide bonds. The molecule has 0 spiro atoms. The number of aromatic nitrogens is 4. The summed E-state index contributed by atoms with van der Waals surface area (Å²) < 4.78 is 1.81. The molecule has 4 aromatic rings. The maximum atomic E-state index is 12.1. The van der Waals surface area contributed by atoms with Crippen LogP contribution in [0.1, 0.15) is 5.56 Å². The van der Waals surface area contributed by atoms with Crippen molar-refractivity contribution in [1.29, 1.82) is 0 Å². The number of para-hydroxylation sites is 2. The van der Waals surface area contributed by atoms with Gasteiger partial charge in [0.15, 0.2) is 0 Å². The van der Waals surface area contributed by atoms with Crippen molar-refractivity contribution in [2.75, 3.05) is 24.5 Å². The van der Waals surface area contributed by atoms with Crippen molar-refractivity contribution in [2.45, 2.75) is 12.6 Å². The van der Waals surface area contributed by atoms with Crippen LogP contribution in [-0.4, -0.2) is 61.4 Å². The van der Waals surface area contributed by atoms with Crippen LogP contribution >= 0.6 is 0 Å². The Labute approximate surface area is 179 Å². The van der Waals surface area contributed by atoms with Crippen molar-refractivity contribution in [1.82, 2.24) is 24.6 Å². The Morgan fingerprint density at radius 1 is 1.03 bits per heavy atom. The second kappa shape index (κ2) is 8.16. The van der Waals surface area contributed by atoms with Gasteiger partial charge in [-0.1, -0.05) is 30.3 Å². The first-order valence-electron chi connectivity index (χ1n) is 10.2. The number of hydrogen-bond acceptors (Lipinski definition) is 6. The molecule has 1 unspecified atom stereocenters. The third-order valence-electron chi connectivity index (χ3n) is 5.64. The minimum Gasteiger partial charge on any atom is -0.480 e. The predicted molar refractivity (Wildman–Crippen MR) is 117 cm³/mol. The Balaban J connectivity index is 1.35.